The summed E-state index contributed by atoms with van der Waals surface area (Å²) in [7, 11) is 1.88. The van der Waals surface area contributed by atoms with Crippen molar-refractivity contribution in [2.75, 3.05) is 31.6 Å². The first kappa shape index (κ1) is 22.1. The van der Waals surface area contributed by atoms with E-state index < -0.39 is 0 Å². The van der Waals surface area contributed by atoms with Crippen LogP contribution in [0.3, 0.4) is 0 Å². The van der Waals surface area contributed by atoms with E-state index in [1.807, 2.05) is 11.9 Å². The molecule has 3 aliphatic rings. The van der Waals surface area contributed by atoms with Gasteiger partial charge in [-0.15, -0.1) is 24.0 Å². The maximum Gasteiger partial charge on any atom is 0.222 e. The van der Waals surface area contributed by atoms with E-state index in [9.17, 15) is 4.79 Å². The number of carbonyl (C=O) groups excluding carboxylic acids is 1. The van der Waals surface area contributed by atoms with Crippen molar-refractivity contribution in [3.8, 4) is 0 Å². The number of anilines is 1. The molecule has 5 rings (SSSR count). The van der Waals surface area contributed by atoms with Crippen molar-refractivity contribution in [3.05, 3.63) is 65.7 Å². The number of halogens is 1. The molecule has 2 aromatic rings. The summed E-state index contributed by atoms with van der Waals surface area (Å²) in [6.07, 6.45) is 3.88. The highest BCUT2D eigenvalue weighted by Gasteiger charge is 2.41. The van der Waals surface area contributed by atoms with Crippen molar-refractivity contribution >= 4 is 41.5 Å². The molecule has 6 heteroatoms. The van der Waals surface area contributed by atoms with Gasteiger partial charge in [-0.2, -0.15) is 0 Å². The fraction of sp³-hybridized carbons (Fsp3) is 0.440. The lowest BCUT2D eigenvalue weighted by molar-refractivity contribution is -0.127. The van der Waals surface area contributed by atoms with Crippen LogP contribution in [0.4, 0.5) is 5.69 Å². The summed E-state index contributed by atoms with van der Waals surface area (Å²) >= 11 is 0. The molecule has 2 aromatic carbocycles. The number of rotatable bonds is 5. The molecule has 5 nitrogen and oxygen atoms in total. The van der Waals surface area contributed by atoms with Crippen LogP contribution in [0, 0.1) is 0 Å². The Bertz CT molecular complexity index is 948. The lowest BCUT2D eigenvalue weighted by Crippen LogP contribution is -2.42. The Morgan fingerprint density at radius 2 is 1.90 bits per heavy atom. The minimum atomic E-state index is 0. The van der Waals surface area contributed by atoms with Crippen LogP contribution in [-0.4, -0.2) is 49.5 Å². The van der Waals surface area contributed by atoms with Gasteiger partial charge in [0.05, 0.1) is 0 Å². The minimum Gasteiger partial charge on any atom is -0.353 e. The fourth-order valence-electron chi connectivity index (χ4n) is 5.05. The van der Waals surface area contributed by atoms with Crippen LogP contribution in [0.25, 0.3) is 0 Å². The van der Waals surface area contributed by atoms with Gasteiger partial charge < -0.3 is 15.1 Å². The van der Waals surface area contributed by atoms with Gasteiger partial charge in [0.25, 0.3) is 0 Å². The number of fused-ring (bicyclic) bond motifs is 1. The Balaban J connectivity index is 0.00000231. The number of aliphatic imine (C=N–C) groups is 1. The van der Waals surface area contributed by atoms with Gasteiger partial charge in [0.1, 0.15) is 0 Å². The molecule has 1 saturated carbocycles. The molecule has 1 saturated heterocycles. The number of guanidine groups is 1. The highest BCUT2D eigenvalue weighted by molar-refractivity contribution is 14.0. The number of nitrogens with zero attached hydrogens (tertiary/aromatic N) is 3. The SMILES string of the molecule is CN=C(NC1CC1c1ccccc1)N1CC(CCN2CCCC2=O)c2ccccc21.I. The lowest BCUT2D eigenvalue weighted by Gasteiger charge is -2.23. The molecule has 2 fully saturated rings. The highest BCUT2D eigenvalue weighted by Crippen LogP contribution is 2.42. The Morgan fingerprint density at radius 3 is 2.65 bits per heavy atom. The van der Waals surface area contributed by atoms with Crippen molar-refractivity contribution < 1.29 is 4.79 Å². The second kappa shape index (κ2) is 9.59. The maximum absolute atomic E-state index is 12.0. The number of likely N-dealkylation sites (tertiary alicyclic amines) is 1. The highest BCUT2D eigenvalue weighted by atomic mass is 127. The van der Waals surface area contributed by atoms with E-state index in [0.717, 1.165) is 44.9 Å². The van der Waals surface area contributed by atoms with Gasteiger partial charge in [-0.05, 0) is 36.5 Å². The van der Waals surface area contributed by atoms with Crippen LogP contribution in [0.2, 0.25) is 0 Å². The molecule has 3 atom stereocenters. The van der Waals surface area contributed by atoms with E-state index in [4.69, 9.17) is 0 Å². The Hall–Kier alpha value is -2.09. The summed E-state index contributed by atoms with van der Waals surface area (Å²) in [6, 6.07) is 19.9. The topological polar surface area (TPSA) is 47.9 Å². The first-order valence-electron chi connectivity index (χ1n) is 11.2. The van der Waals surface area contributed by atoms with Gasteiger partial charge in [0.2, 0.25) is 5.91 Å². The molecule has 1 amide bonds. The second-order valence-electron chi connectivity index (χ2n) is 8.69. The zero-order chi connectivity index (χ0) is 20.5. The van der Waals surface area contributed by atoms with Crippen LogP contribution in [0.1, 0.15) is 48.6 Å². The summed E-state index contributed by atoms with van der Waals surface area (Å²) < 4.78 is 0. The molecule has 31 heavy (non-hydrogen) atoms. The third-order valence-electron chi connectivity index (χ3n) is 6.79. The van der Waals surface area contributed by atoms with Gasteiger partial charge in [-0.3, -0.25) is 9.79 Å². The van der Waals surface area contributed by atoms with Crippen LogP contribution in [-0.2, 0) is 4.79 Å². The minimum absolute atomic E-state index is 0. The summed E-state index contributed by atoms with van der Waals surface area (Å²) in [4.78, 5) is 21.0. The Kier molecular flexibility index (Phi) is 6.84. The molecule has 3 unspecified atom stereocenters. The van der Waals surface area contributed by atoms with Crippen molar-refractivity contribution in [3.63, 3.8) is 0 Å². The zero-order valence-corrected chi connectivity index (χ0v) is 20.4. The van der Waals surface area contributed by atoms with Crippen molar-refractivity contribution in [2.24, 2.45) is 4.99 Å². The third kappa shape index (κ3) is 4.59. The lowest BCUT2D eigenvalue weighted by atomic mass is 9.98. The van der Waals surface area contributed by atoms with E-state index in [0.29, 0.717) is 30.2 Å². The molecular formula is C25H31IN4O. The fourth-order valence-corrected chi connectivity index (χ4v) is 5.05. The van der Waals surface area contributed by atoms with Gasteiger partial charge in [-0.1, -0.05) is 48.5 Å². The maximum atomic E-state index is 12.0. The van der Waals surface area contributed by atoms with E-state index in [1.54, 1.807) is 0 Å². The van der Waals surface area contributed by atoms with E-state index >= 15 is 0 Å². The molecule has 2 heterocycles. The van der Waals surface area contributed by atoms with Gasteiger partial charge in [0.15, 0.2) is 5.96 Å². The van der Waals surface area contributed by atoms with Gasteiger partial charge >= 0.3 is 0 Å². The summed E-state index contributed by atoms with van der Waals surface area (Å²) in [5.74, 6) is 2.27. The molecule has 0 aromatic heterocycles. The van der Waals surface area contributed by atoms with Crippen LogP contribution in [0.15, 0.2) is 59.6 Å². The average molecular weight is 530 g/mol. The largest absolute Gasteiger partial charge is 0.353 e. The number of hydrogen-bond acceptors (Lipinski definition) is 2. The van der Waals surface area contributed by atoms with Crippen molar-refractivity contribution in [1.29, 1.82) is 0 Å². The summed E-state index contributed by atoms with van der Waals surface area (Å²) in [6.45, 7) is 2.70. The Morgan fingerprint density at radius 1 is 1.13 bits per heavy atom. The van der Waals surface area contributed by atoms with E-state index in [2.05, 4.69) is 69.8 Å². The van der Waals surface area contributed by atoms with Crippen LogP contribution >= 0.6 is 24.0 Å². The number of benzene rings is 2. The number of amides is 1. The normalized spacial score (nSPS) is 24.7. The third-order valence-corrected chi connectivity index (χ3v) is 6.79. The number of hydrogen-bond donors (Lipinski definition) is 1. The molecule has 1 aliphatic carbocycles. The van der Waals surface area contributed by atoms with Crippen molar-refractivity contribution in [2.45, 2.75) is 43.6 Å². The molecule has 0 radical (unpaired) electrons. The summed E-state index contributed by atoms with van der Waals surface area (Å²) in [5.41, 5.74) is 4.03. The smallest absolute Gasteiger partial charge is 0.222 e. The second-order valence-corrected chi connectivity index (χ2v) is 8.69. The molecular weight excluding hydrogens is 499 g/mol. The standard InChI is InChI=1S/C25H30N4O.HI/c1-26-25(27-22-16-21(22)18-8-3-2-4-9-18)29-17-19(20-10-5-6-11-23(20)29)13-15-28-14-7-12-24(28)30;/h2-6,8-11,19,21-22H,7,12-17H2,1H3,(H,26,27);1H. The number of para-hydroxylation sites is 1. The Labute approximate surface area is 201 Å². The quantitative estimate of drug-likeness (QED) is 0.355. The number of nitrogens with one attached hydrogen (secondary N) is 1. The monoisotopic (exact) mass is 530 g/mol. The molecule has 0 bridgehead atoms. The predicted molar refractivity (Wildman–Crippen MR) is 136 cm³/mol. The predicted octanol–water partition coefficient (Wildman–Crippen LogP) is 4.35. The molecule has 0 spiro atoms. The average Bonchev–Trinajstić information content (AvgIpc) is 3.29. The molecule has 164 valence electrons. The van der Waals surface area contributed by atoms with Crippen molar-refractivity contribution in [1.82, 2.24) is 10.2 Å². The van der Waals surface area contributed by atoms with E-state index in [-0.39, 0.29) is 24.0 Å². The molecule has 1 N–H and O–H groups in total. The first-order chi connectivity index (χ1) is 14.7. The molecule has 2 aliphatic heterocycles. The summed E-state index contributed by atoms with van der Waals surface area (Å²) in [5, 5.41) is 3.71. The van der Waals surface area contributed by atoms with Crippen LogP contribution in [0.5, 0.6) is 0 Å². The number of carbonyl (C=O) groups is 1. The van der Waals surface area contributed by atoms with Gasteiger partial charge in [0, 0.05) is 56.7 Å². The zero-order valence-electron chi connectivity index (χ0n) is 18.0. The van der Waals surface area contributed by atoms with Gasteiger partial charge in [-0.25, -0.2) is 0 Å². The van der Waals surface area contributed by atoms with Crippen LogP contribution < -0.4 is 10.2 Å². The van der Waals surface area contributed by atoms with E-state index in [1.165, 1.54) is 16.8 Å². The first-order valence-corrected chi connectivity index (χ1v) is 11.2.